The Labute approximate surface area is 221 Å². The maximum absolute atomic E-state index is 13.6. The molecule has 0 aliphatic rings. The van der Waals surface area contributed by atoms with Crippen molar-refractivity contribution < 1.29 is 38.8 Å². The van der Waals surface area contributed by atoms with E-state index in [0.29, 0.717) is 11.4 Å². The molecule has 5 N–H and O–H groups in total. The van der Waals surface area contributed by atoms with E-state index < -0.39 is 41.6 Å². The number of aliphatic hydroxyl groups is 1. The number of nitrogens with zero attached hydrogens (tertiary/aromatic N) is 2. The van der Waals surface area contributed by atoms with Gasteiger partial charge in [-0.3, -0.25) is 4.68 Å². The minimum atomic E-state index is -1.36. The topological polar surface area (TPSA) is 165 Å². The number of nitrogens with two attached hydrogens (primary N) is 1. The van der Waals surface area contributed by atoms with Crippen LogP contribution in [0.25, 0.3) is 0 Å². The molecule has 0 unspecified atom stereocenters. The summed E-state index contributed by atoms with van der Waals surface area (Å²) in [6.45, 7) is 1.68. The first-order valence-electron chi connectivity index (χ1n) is 10.8. The van der Waals surface area contributed by atoms with Gasteiger partial charge in [0.15, 0.2) is 11.8 Å². The lowest BCUT2D eigenvalue weighted by molar-refractivity contribution is -0.154. The third kappa shape index (κ3) is 8.53. The number of esters is 1. The molecule has 0 amide bonds. The number of carboxylic acids is 2. The van der Waals surface area contributed by atoms with Crippen LogP contribution >= 0.6 is 23.2 Å². The van der Waals surface area contributed by atoms with Crippen molar-refractivity contribution in [2.24, 2.45) is 5.73 Å². The summed E-state index contributed by atoms with van der Waals surface area (Å²) in [6, 6.07) is 11.3. The molecule has 2 atom stereocenters. The van der Waals surface area contributed by atoms with Gasteiger partial charge in [-0.2, -0.15) is 5.10 Å². The molecule has 0 spiro atoms. The van der Waals surface area contributed by atoms with Crippen LogP contribution in [0.1, 0.15) is 39.0 Å². The fraction of sp³-hybridized carbons (Fsp3) is 0.250. The molecule has 2 aromatic carbocycles. The van der Waals surface area contributed by atoms with Crippen LogP contribution in [0, 0.1) is 5.82 Å². The van der Waals surface area contributed by atoms with E-state index in [1.54, 1.807) is 25.1 Å². The van der Waals surface area contributed by atoms with Crippen molar-refractivity contribution >= 4 is 41.1 Å². The quantitative estimate of drug-likeness (QED) is 0.290. The first-order valence-corrected chi connectivity index (χ1v) is 11.5. The second kappa shape index (κ2) is 13.7. The highest BCUT2D eigenvalue weighted by Crippen LogP contribution is 2.18. The van der Waals surface area contributed by atoms with Crippen LogP contribution in [0.3, 0.4) is 0 Å². The standard InChI is InChI=1S/C12H8ClFN2O4.C12H16ClNO3/c13-7-2-1-6(8(14)3-7)5-16-10(12(19)20)4-9(15-16)11(17)18;1-2-17-12(16)11(15)10(14)7-8-5-3-4-6-9(8)13/h1-4H,5H2,(H,17,18)(H,19,20);3-6,10-11,15H,2,7,14H2,1H3/t;10-,11-/m.1/s1. The zero-order chi connectivity index (χ0) is 27.7. The van der Waals surface area contributed by atoms with Gasteiger partial charge in [-0.25, -0.2) is 18.8 Å². The normalized spacial score (nSPS) is 12.2. The molecule has 0 aliphatic heterocycles. The number of carboxylic acid groups (broad SMARTS) is 2. The Kier molecular flexibility index (Phi) is 11.0. The Balaban J connectivity index is 0.000000264. The Hall–Kier alpha value is -3.51. The number of aliphatic hydroxyl groups excluding tert-OH is 1. The van der Waals surface area contributed by atoms with E-state index in [4.69, 9.17) is 43.9 Å². The van der Waals surface area contributed by atoms with Crippen LogP contribution in [-0.2, 0) is 22.5 Å². The van der Waals surface area contributed by atoms with Crippen LogP contribution in [0.2, 0.25) is 10.0 Å². The number of carbonyl (C=O) groups is 3. The van der Waals surface area contributed by atoms with E-state index in [2.05, 4.69) is 5.10 Å². The molecule has 0 saturated heterocycles. The summed E-state index contributed by atoms with van der Waals surface area (Å²) < 4.78 is 19.3. The minimum absolute atomic E-state index is 0.150. The summed E-state index contributed by atoms with van der Waals surface area (Å²) in [6.07, 6.45) is -1.01. The van der Waals surface area contributed by atoms with Crippen LogP contribution in [0.5, 0.6) is 0 Å². The van der Waals surface area contributed by atoms with Gasteiger partial charge in [-0.05, 0) is 37.1 Å². The Bertz CT molecular complexity index is 1270. The van der Waals surface area contributed by atoms with Gasteiger partial charge in [0.05, 0.1) is 13.2 Å². The SMILES string of the molecule is CCOC(=O)[C@H](O)[C@H](N)Cc1ccccc1Cl.O=C(O)c1cc(C(=O)O)n(Cc2ccc(Cl)cc2F)n1. The van der Waals surface area contributed by atoms with Crippen molar-refractivity contribution in [3.63, 3.8) is 0 Å². The molecule has 0 bridgehead atoms. The molecule has 198 valence electrons. The van der Waals surface area contributed by atoms with Crippen molar-refractivity contribution in [2.45, 2.75) is 32.0 Å². The molecule has 1 aromatic heterocycles. The zero-order valence-electron chi connectivity index (χ0n) is 19.5. The lowest BCUT2D eigenvalue weighted by atomic mass is 10.0. The lowest BCUT2D eigenvalue weighted by Crippen LogP contribution is -2.43. The van der Waals surface area contributed by atoms with Gasteiger partial charge in [0.1, 0.15) is 11.5 Å². The number of benzene rings is 2. The van der Waals surface area contributed by atoms with Crippen molar-refractivity contribution in [3.8, 4) is 0 Å². The predicted octanol–water partition coefficient (Wildman–Crippen LogP) is 3.25. The minimum Gasteiger partial charge on any atom is -0.477 e. The van der Waals surface area contributed by atoms with E-state index in [0.717, 1.165) is 22.4 Å². The molecular weight excluding hydrogens is 532 g/mol. The number of hydrogen-bond donors (Lipinski definition) is 4. The molecule has 3 rings (SSSR count). The van der Waals surface area contributed by atoms with E-state index in [1.807, 2.05) is 6.07 Å². The van der Waals surface area contributed by atoms with Gasteiger partial charge in [-0.15, -0.1) is 0 Å². The fourth-order valence-corrected chi connectivity index (χ4v) is 3.43. The first-order chi connectivity index (χ1) is 17.4. The van der Waals surface area contributed by atoms with Gasteiger partial charge in [-0.1, -0.05) is 47.5 Å². The average molecular weight is 556 g/mol. The van der Waals surface area contributed by atoms with Crippen LogP contribution in [0.15, 0.2) is 48.5 Å². The van der Waals surface area contributed by atoms with Crippen molar-refractivity contribution in [1.29, 1.82) is 0 Å². The van der Waals surface area contributed by atoms with E-state index >= 15 is 0 Å². The third-order valence-electron chi connectivity index (χ3n) is 4.90. The first kappa shape index (κ1) is 29.7. The Morgan fingerprint density at radius 3 is 2.32 bits per heavy atom. The highest BCUT2D eigenvalue weighted by molar-refractivity contribution is 6.31. The Morgan fingerprint density at radius 2 is 1.76 bits per heavy atom. The van der Waals surface area contributed by atoms with Crippen LogP contribution in [-0.4, -0.2) is 61.8 Å². The molecule has 3 aromatic rings. The van der Waals surface area contributed by atoms with Gasteiger partial charge in [0.25, 0.3) is 0 Å². The molecular formula is C24H24Cl2FN3O7. The fourth-order valence-electron chi connectivity index (χ4n) is 3.06. The van der Waals surface area contributed by atoms with Crippen LogP contribution < -0.4 is 5.73 Å². The Morgan fingerprint density at radius 1 is 1.08 bits per heavy atom. The number of rotatable bonds is 9. The molecule has 0 aliphatic carbocycles. The molecule has 10 nitrogen and oxygen atoms in total. The van der Waals surface area contributed by atoms with Crippen molar-refractivity contribution in [2.75, 3.05) is 6.61 Å². The largest absolute Gasteiger partial charge is 0.477 e. The maximum Gasteiger partial charge on any atom is 0.356 e. The van der Waals surface area contributed by atoms with E-state index in [1.165, 1.54) is 12.1 Å². The number of aromatic carboxylic acids is 2. The van der Waals surface area contributed by atoms with Crippen LogP contribution in [0.4, 0.5) is 4.39 Å². The molecule has 0 fully saturated rings. The third-order valence-corrected chi connectivity index (χ3v) is 5.50. The summed E-state index contributed by atoms with van der Waals surface area (Å²) >= 11 is 11.6. The summed E-state index contributed by atoms with van der Waals surface area (Å²) in [7, 11) is 0. The molecule has 13 heteroatoms. The van der Waals surface area contributed by atoms with E-state index in [9.17, 15) is 23.9 Å². The molecule has 1 heterocycles. The lowest BCUT2D eigenvalue weighted by Gasteiger charge is -2.17. The molecule has 0 radical (unpaired) electrons. The highest BCUT2D eigenvalue weighted by Gasteiger charge is 2.25. The number of aromatic nitrogens is 2. The number of halogens is 3. The molecule has 0 saturated carbocycles. The van der Waals surface area contributed by atoms with Gasteiger partial charge >= 0.3 is 17.9 Å². The van der Waals surface area contributed by atoms with Gasteiger partial charge in [0.2, 0.25) is 0 Å². The van der Waals surface area contributed by atoms with Gasteiger partial charge < -0.3 is 25.8 Å². The number of hydrogen-bond acceptors (Lipinski definition) is 7. The summed E-state index contributed by atoms with van der Waals surface area (Å²) in [5, 5.41) is 31.8. The van der Waals surface area contributed by atoms with Crippen molar-refractivity contribution in [3.05, 3.63) is 86.9 Å². The maximum atomic E-state index is 13.6. The second-order valence-electron chi connectivity index (χ2n) is 7.57. The summed E-state index contributed by atoms with van der Waals surface area (Å²) in [5.41, 5.74) is 5.93. The average Bonchev–Trinajstić information content (AvgIpc) is 3.27. The highest BCUT2D eigenvalue weighted by atomic mass is 35.5. The predicted molar refractivity (Wildman–Crippen MR) is 132 cm³/mol. The monoisotopic (exact) mass is 555 g/mol. The van der Waals surface area contributed by atoms with E-state index in [-0.39, 0.29) is 29.4 Å². The number of ether oxygens (including phenoxy) is 1. The molecule has 37 heavy (non-hydrogen) atoms. The summed E-state index contributed by atoms with van der Waals surface area (Å²) in [5.74, 6) is -4.03. The number of carbonyl (C=O) groups excluding carboxylic acids is 1. The smallest absolute Gasteiger partial charge is 0.356 e. The van der Waals surface area contributed by atoms with Gasteiger partial charge in [0, 0.05) is 27.7 Å². The zero-order valence-corrected chi connectivity index (χ0v) is 21.0. The van der Waals surface area contributed by atoms with Crippen molar-refractivity contribution in [1.82, 2.24) is 9.78 Å². The second-order valence-corrected chi connectivity index (χ2v) is 8.42. The summed E-state index contributed by atoms with van der Waals surface area (Å²) in [4.78, 5) is 33.1.